The third-order valence-electron chi connectivity index (χ3n) is 11.9. The van der Waals surface area contributed by atoms with E-state index in [0.29, 0.717) is 36.3 Å². The van der Waals surface area contributed by atoms with Gasteiger partial charge in [0.1, 0.15) is 41.1 Å². The first kappa shape index (κ1) is 33.1. The van der Waals surface area contributed by atoms with E-state index in [0.717, 1.165) is 38.1 Å². The molecule has 11 heteroatoms. The number of aliphatic imine (C=N–C) groups is 2. The largest absolute Gasteiger partial charge is 0.508 e. The number of hydrogen-bond donors (Lipinski definition) is 2. The third-order valence-corrected chi connectivity index (χ3v) is 11.9. The predicted molar refractivity (Wildman–Crippen MR) is 190 cm³/mol. The molecular weight excluding hydrogens is 638 g/mol. The standard InChI is InChI=1S/C39H44F2N6O3/c1-5-28-30(40)9-6-24-14-27(48)15-29(31(24)28)34-33(41)35(42-3)32(37(45-34)49-4)36(47-17-25-7-8-26(18-47)44-25)43-22-50-21-38(10-11-38)19-46-16-23(2)39(20-46)12-13-39/h1,6,9,14-15,23,25-26,44,48H,3,7-8,10-13,16-22H2,2,4H3/b43-36+. The van der Waals surface area contributed by atoms with Crippen LogP contribution in [0.2, 0.25) is 0 Å². The van der Waals surface area contributed by atoms with E-state index in [2.05, 4.69) is 44.7 Å². The van der Waals surface area contributed by atoms with Crippen molar-refractivity contribution in [1.29, 1.82) is 0 Å². The number of nitrogens with zero attached hydrogens (tertiary/aromatic N) is 5. The highest BCUT2D eigenvalue weighted by molar-refractivity contribution is 6.07. The molecule has 1 aromatic heterocycles. The average molecular weight is 683 g/mol. The molecule has 5 aliphatic rings. The van der Waals surface area contributed by atoms with Crippen LogP contribution in [0.1, 0.15) is 56.6 Å². The summed E-state index contributed by atoms with van der Waals surface area (Å²) in [4.78, 5) is 18.5. The molecule has 3 saturated heterocycles. The van der Waals surface area contributed by atoms with Crippen molar-refractivity contribution in [3.05, 3.63) is 47.0 Å². The average Bonchev–Trinajstić information content (AvgIpc) is 4.00. The fourth-order valence-corrected chi connectivity index (χ4v) is 8.81. The minimum atomic E-state index is -0.813. The summed E-state index contributed by atoms with van der Waals surface area (Å²) in [5.74, 6) is 2.07. The highest BCUT2D eigenvalue weighted by Gasteiger charge is 2.55. The maximum Gasteiger partial charge on any atom is 0.227 e. The van der Waals surface area contributed by atoms with Crippen LogP contribution in [0.3, 0.4) is 0 Å². The number of phenols is 1. The molecule has 0 radical (unpaired) electrons. The molecule has 2 aromatic carbocycles. The summed E-state index contributed by atoms with van der Waals surface area (Å²) >= 11 is 0. The number of aromatic nitrogens is 1. The molecule has 3 atom stereocenters. The fraction of sp³-hybridized carbons (Fsp3) is 0.513. The highest BCUT2D eigenvalue weighted by atomic mass is 19.1. The Balaban J connectivity index is 1.14. The van der Waals surface area contributed by atoms with Crippen molar-refractivity contribution >= 4 is 29.0 Å². The number of terminal acetylenes is 1. The van der Waals surface area contributed by atoms with Gasteiger partial charge in [0.25, 0.3) is 0 Å². The van der Waals surface area contributed by atoms with Crippen LogP contribution in [0.4, 0.5) is 14.5 Å². The van der Waals surface area contributed by atoms with Gasteiger partial charge in [-0.2, -0.15) is 0 Å². The number of rotatable bonds is 10. The zero-order valence-electron chi connectivity index (χ0n) is 28.8. The molecule has 2 N–H and O–H groups in total. The molecule has 4 heterocycles. The van der Waals surface area contributed by atoms with Gasteiger partial charge in [-0.15, -0.1) is 6.42 Å². The second-order valence-electron chi connectivity index (χ2n) is 15.3. The quantitative estimate of drug-likeness (QED) is 0.120. The summed E-state index contributed by atoms with van der Waals surface area (Å²) in [5.41, 5.74) is 0.715. The number of hydrogen-bond acceptors (Lipinski definition) is 8. The Kier molecular flexibility index (Phi) is 8.32. The maximum absolute atomic E-state index is 16.9. The summed E-state index contributed by atoms with van der Waals surface area (Å²) in [5, 5.41) is 14.9. The van der Waals surface area contributed by atoms with E-state index in [4.69, 9.17) is 20.9 Å². The van der Waals surface area contributed by atoms with Crippen LogP contribution in [0, 0.1) is 40.7 Å². The SMILES string of the molecule is C#Cc1c(F)ccc2cc(O)cc(-c3nc(OC)c(/C(=N\COCC4(CN5CC(C)C6(CC6)C5)CC4)N4CC5CCC(C4)N5)c(N=C)c3F)c12. The van der Waals surface area contributed by atoms with Crippen molar-refractivity contribution in [2.45, 2.75) is 57.5 Å². The van der Waals surface area contributed by atoms with E-state index in [-0.39, 0.29) is 69.3 Å². The number of benzene rings is 2. The van der Waals surface area contributed by atoms with Gasteiger partial charge in [-0.25, -0.2) is 18.8 Å². The summed E-state index contributed by atoms with van der Waals surface area (Å²) in [6.07, 6.45) is 12.8. The molecule has 9 nitrogen and oxygen atoms in total. The topological polar surface area (TPSA) is 94.8 Å². The maximum atomic E-state index is 16.9. The second kappa shape index (κ2) is 12.6. The number of methoxy groups -OCH3 is 1. The van der Waals surface area contributed by atoms with Crippen LogP contribution >= 0.6 is 0 Å². The van der Waals surface area contributed by atoms with E-state index in [9.17, 15) is 9.50 Å². The Bertz CT molecular complexity index is 1920. The summed E-state index contributed by atoms with van der Waals surface area (Å²) in [7, 11) is 1.45. The molecule has 2 saturated carbocycles. The van der Waals surface area contributed by atoms with Crippen molar-refractivity contribution in [2.75, 3.05) is 53.2 Å². The molecule has 262 valence electrons. The van der Waals surface area contributed by atoms with Crippen LogP contribution in [-0.2, 0) is 4.74 Å². The third kappa shape index (κ3) is 5.81. The number of phenolic OH excluding ortho intramolecular Hbond substituents is 1. The van der Waals surface area contributed by atoms with Crippen LogP contribution in [0.25, 0.3) is 22.0 Å². The minimum Gasteiger partial charge on any atom is -0.508 e. The first-order chi connectivity index (χ1) is 24.2. The Morgan fingerprint density at radius 3 is 2.56 bits per heavy atom. The number of aromatic hydroxyl groups is 1. The number of piperazine rings is 1. The van der Waals surface area contributed by atoms with E-state index >= 15 is 4.39 Å². The number of fused-ring (bicyclic) bond motifs is 3. The Labute approximate surface area is 291 Å². The van der Waals surface area contributed by atoms with Gasteiger partial charge in [0, 0.05) is 61.2 Å². The van der Waals surface area contributed by atoms with Crippen LogP contribution < -0.4 is 10.1 Å². The van der Waals surface area contributed by atoms with Gasteiger partial charge in [-0.3, -0.25) is 4.99 Å². The molecule has 3 unspecified atom stereocenters. The van der Waals surface area contributed by atoms with Crippen molar-refractivity contribution in [2.24, 2.45) is 26.7 Å². The van der Waals surface area contributed by atoms with Gasteiger partial charge in [0.05, 0.1) is 19.3 Å². The summed E-state index contributed by atoms with van der Waals surface area (Å²) in [6.45, 7) is 11.6. The number of pyridine rings is 1. The smallest absolute Gasteiger partial charge is 0.227 e. The lowest BCUT2D eigenvalue weighted by Gasteiger charge is -2.36. The predicted octanol–water partition coefficient (Wildman–Crippen LogP) is 5.88. The second-order valence-corrected chi connectivity index (χ2v) is 15.3. The Hall–Kier alpha value is -4.11. The molecule has 0 amide bonds. The minimum absolute atomic E-state index is 0.0646. The van der Waals surface area contributed by atoms with Crippen LogP contribution in [0.5, 0.6) is 11.6 Å². The molecule has 3 aromatic rings. The Morgan fingerprint density at radius 2 is 1.92 bits per heavy atom. The van der Waals surface area contributed by atoms with Crippen molar-refractivity contribution in [1.82, 2.24) is 20.1 Å². The Morgan fingerprint density at radius 1 is 1.16 bits per heavy atom. The molecule has 1 spiro atoms. The zero-order valence-corrected chi connectivity index (χ0v) is 28.8. The van der Waals surface area contributed by atoms with Gasteiger partial charge in [0.15, 0.2) is 5.82 Å². The molecule has 5 fully saturated rings. The fourth-order valence-electron chi connectivity index (χ4n) is 8.81. The lowest BCUT2D eigenvalue weighted by Crippen LogP contribution is -2.53. The van der Waals surface area contributed by atoms with E-state index in [1.807, 2.05) is 0 Å². The normalized spacial score (nSPS) is 24.9. The van der Waals surface area contributed by atoms with E-state index in [1.54, 1.807) is 0 Å². The summed E-state index contributed by atoms with van der Waals surface area (Å²) in [6, 6.07) is 6.00. The monoisotopic (exact) mass is 682 g/mol. The van der Waals surface area contributed by atoms with Crippen molar-refractivity contribution < 1.29 is 23.4 Å². The zero-order chi connectivity index (χ0) is 34.8. The van der Waals surface area contributed by atoms with Gasteiger partial charge in [-0.1, -0.05) is 18.9 Å². The molecular formula is C39H44F2N6O3. The number of likely N-dealkylation sites (tertiary alicyclic amines) is 2. The first-order valence-electron chi connectivity index (χ1n) is 17.7. The van der Waals surface area contributed by atoms with Gasteiger partial charge in [-0.05, 0) is 80.2 Å². The van der Waals surface area contributed by atoms with Crippen LogP contribution in [-0.4, -0.2) is 97.7 Å². The molecule has 8 rings (SSSR count). The molecule has 50 heavy (non-hydrogen) atoms. The van der Waals surface area contributed by atoms with Crippen molar-refractivity contribution in [3.8, 4) is 35.2 Å². The molecule has 2 aliphatic carbocycles. The van der Waals surface area contributed by atoms with Gasteiger partial charge in [0.2, 0.25) is 5.88 Å². The van der Waals surface area contributed by atoms with Gasteiger partial charge < -0.3 is 29.7 Å². The van der Waals surface area contributed by atoms with E-state index < -0.39 is 11.6 Å². The lowest BCUT2D eigenvalue weighted by molar-refractivity contribution is 0.0780. The number of nitrogens with one attached hydrogen (secondary N) is 1. The first-order valence-corrected chi connectivity index (χ1v) is 17.7. The number of ether oxygens (including phenoxy) is 2. The van der Waals surface area contributed by atoms with Crippen molar-refractivity contribution in [3.63, 3.8) is 0 Å². The van der Waals surface area contributed by atoms with Crippen LogP contribution in [0.15, 0.2) is 34.3 Å². The molecule has 3 aliphatic heterocycles. The molecule has 2 bridgehead atoms. The lowest BCUT2D eigenvalue weighted by atomic mass is 9.95. The highest BCUT2D eigenvalue weighted by Crippen LogP contribution is 2.57. The number of amidine groups is 1. The summed E-state index contributed by atoms with van der Waals surface area (Å²) < 4.78 is 43.9. The van der Waals surface area contributed by atoms with Gasteiger partial charge >= 0.3 is 0 Å². The van der Waals surface area contributed by atoms with E-state index in [1.165, 1.54) is 57.3 Å². The number of halogens is 2.